The van der Waals surface area contributed by atoms with Crippen LogP contribution in [0.25, 0.3) is 16.6 Å². The number of aromatic nitrogens is 3. The first-order valence-corrected chi connectivity index (χ1v) is 12.6. The number of nitrogens with one attached hydrogen (secondary N) is 1. The Balaban J connectivity index is 1.15. The number of likely N-dealkylation sites (tertiary alicyclic amines) is 1. The quantitative estimate of drug-likeness (QED) is 0.424. The highest BCUT2D eigenvalue weighted by Crippen LogP contribution is 2.41. The lowest BCUT2D eigenvalue weighted by atomic mass is 9.97. The van der Waals surface area contributed by atoms with E-state index in [2.05, 4.69) is 27.0 Å². The van der Waals surface area contributed by atoms with Crippen molar-refractivity contribution in [3.05, 3.63) is 88.5 Å². The maximum atomic E-state index is 12.6. The van der Waals surface area contributed by atoms with Crippen LogP contribution in [0, 0.1) is 0 Å². The average Bonchev–Trinajstić information content (AvgIpc) is 3.15. The summed E-state index contributed by atoms with van der Waals surface area (Å²) in [4.78, 5) is 22.6. The second kappa shape index (κ2) is 9.66. The first kappa shape index (κ1) is 22.6. The summed E-state index contributed by atoms with van der Waals surface area (Å²) in [7, 11) is 1.70. The Morgan fingerprint density at radius 3 is 2.83 bits per heavy atom. The van der Waals surface area contributed by atoms with Crippen molar-refractivity contribution in [2.45, 2.75) is 31.7 Å². The third-order valence-corrected chi connectivity index (χ3v) is 7.38. The summed E-state index contributed by atoms with van der Waals surface area (Å²) in [5, 5.41) is 0. The number of imidazole rings is 1. The van der Waals surface area contributed by atoms with Crippen molar-refractivity contribution in [1.29, 1.82) is 0 Å². The molecule has 1 saturated heterocycles. The third-order valence-electron chi connectivity index (χ3n) is 7.38. The van der Waals surface area contributed by atoms with Crippen LogP contribution in [0.1, 0.15) is 36.4 Å². The van der Waals surface area contributed by atoms with Gasteiger partial charge in [-0.1, -0.05) is 24.3 Å². The van der Waals surface area contributed by atoms with Gasteiger partial charge in [0.15, 0.2) is 0 Å². The number of nitrogens with zero attached hydrogens (tertiary/aromatic N) is 3. The molecule has 2 aromatic carbocycles. The van der Waals surface area contributed by atoms with E-state index >= 15 is 0 Å². The minimum atomic E-state index is -0.00190. The Hall–Kier alpha value is -3.84. The van der Waals surface area contributed by atoms with Crippen molar-refractivity contribution in [1.82, 2.24) is 19.4 Å². The minimum absolute atomic E-state index is 0.00190. The van der Waals surface area contributed by atoms with E-state index in [-0.39, 0.29) is 11.7 Å². The molecule has 1 N–H and O–H groups in total. The van der Waals surface area contributed by atoms with Gasteiger partial charge in [0.1, 0.15) is 11.5 Å². The van der Waals surface area contributed by atoms with Crippen LogP contribution in [0.2, 0.25) is 0 Å². The van der Waals surface area contributed by atoms with E-state index in [1.807, 2.05) is 53.1 Å². The van der Waals surface area contributed by atoms with Crippen LogP contribution in [0.4, 0.5) is 0 Å². The Kier molecular flexibility index (Phi) is 6.07. The van der Waals surface area contributed by atoms with Gasteiger partial charge in [-0.15, -0.1) is 0 Å². The zero-order valence-corrected chi connectivity index (χ0v) is 20.4. The maximum absolute atomic E-state index is 12.6. The number of hydrogen-bond acceptors (Lipinski definition) is 5. The highest BCUT2D eigenvalue weighted by molar-refractivity contribution is 5.75. The van der Waals surface area contributed by atoms with Gasteiger partial charge in [0, 0.05) is 49.4 Å². The number of methoxy groups -OCH3 is 1. The summed E-state index contributed by atoms with van der Waals surface area (Å²) in [6, 6.07) is 18.1. The van der Waals surface area contributed by atoms with Gasteiger partial charge in [-0.05, 0) is 61.2 Å². The maximum Gasteiger partial charge on any atom is 0.326 e. The van der Waals surface area contributed by atoms with Crippen molar-refractivity contribution < 1.29 is 9.47 Å². The highest BCUT2D eigenvalue weighted by Gasteiger charge is 2.24. The van der Waals surface area contributed by atoms with Gasteiger partial charge in [-0.3, -0.25) is 4.57 Å². The van der Waals surface area contributed by atoms with E-state index in [9.17, 15) is 4.79 Å². The van der Waals surface area contributed by atoms with Crippen LogP contribution >= 0.6 is 0 Å². The molecular formula is C29H30N4O3. The molecule has 36 heavy (non-hydrogen) atoms. The number of piperidine rings is 1. The third kappa shape index (κ3) is 4.20. The largest absolute Gasteiger partial charge is 0.496 e. The molecule has 2 aromatic heterocycles. The molecule has 0 spiro atoms. The molecule has 0 amide bonds. The molecule has 7 heteroatoms. The fourth-order valence-corrected chi connectivity index (χ4v) is 5.55. The van der Waals surface area contributed by atoms with Gasteiger partial charge in [0.2, 0.25) is 5.88 Å². The fourth-order valence-electron chi connectivity index (χ4n) is 5.55. The second-order valence-corrected chi connectivity index (χ2v) is 9.48. The Bertz CT molecular complexity index is 1480. The molecule has 2 aliphatic rings. The van der Waals surface area contributed by atoms with Gasteiger partial charge in [-0.25, -0.2) is 9.78 Å². The first-order chi connectivity index (χ1) is 17.7. The predicted molar refractivity (Wildman–Crippen MR) is 141 cm³/mol. The molecule has 0 saturated carbocycles. The molecule has 184 valence electrons. The molecule has 6 rings (SSSR count). The number of ether oxygens (including phenoxy) is 2. The topological polar surface area (TPSA) is 72.4 Å². The summed E-state index contributed by atoms with van der Waals surface area (Å²) >= 11 is 0. The van der Waals surface area contributed by atoms with E-state index in [0.717, 1.165) is 79.0 Å². The molecule has 0 radical (unpaired) electrons. The molecule has 0 bridgehead atoms. The van der Waals surface area contributed by atoms with Crippen LogP contribution in [-0.2, 0) is 6.42 Å². The molecule has 4 heterocycles. The second-order valence-electron chi connectivity index (χ2n) is 9.48. The summed E-state index contributed by atoms with van der Waals surface area (Å²) in [5.74, 6) is 2.27. The molecule has 4 aromatic rings. The van der Waals surface area contributed by atoms with Gasteiger partial charge in [-0.2, -0.15) is 0 Å². The zero-order valence-electron chi connectivity index (χ0n) is 20.4. The lowest BCUT2D eigenvalue weighted by Gasteiger charge is -2.32. The van der Waals surface area contributed by atoms with Crippen molar-refractivity contribution >= 4 is 16.6 Å². The summed E-state index contributed by atoms with van der Waals surface area (Å²) in [5.41, 5.74) is 5.21. The summed E-state index contributed by atoms with van der Waals surface area (Å²) in [6.07, 6.45) is 7.72. The number of benzene rings is 2. The Labute approximate surface area is 210 Å². The number of aromatic amines is 1. The van der Waals surface area contributed by atoms with Gasteiger partial charge in [0.25, 0.3) is 0 Å². The molecule has 0 aliphatic carbocycles. The number of rotatable bonds is 5. The van der Waals surface area contributed by atoms with Crippen LogP contribution in [0.15, 0.2) is 71.7 Å². The normalized spacial score (nSPS) is 17.4. The van der Waals surface area contributed by atoms with Crippen LogP contribution in [0.3, 0.4) is 0 Å². The Morgan fingerprint density at radius 2 is 1.97 bits per heavy atom. The fraction of sp³-hybridized carbons (Fsp3) is 0.310. The van der Waals surface area contributed by atoms with E-state index < -0.39 is 0 Å². The number of fused-ring (bicyclic) bond motifs is 3. The van der Waals surface area contributed by atoms with Crippen molar-refractivity contribution in [3.63, 3.8) is 0 Å². The van der Waals surface area contributed by atoms with Crippen molar-refractivity contribution in [3.8, 4) is 17.4 Å². The first-order valence-electron chi connectivity index (χ1n) is 12.6. The van der Waals surface area contributed by atoms with Crippen LogP contribution < -0.4 is 15.2 Å². The van der Waals surface area contributed by atoms with E-state index in [4.69, 9.17) is 9.47 Å². The SMILES string of the molecule is COc1cccc2c1C/C(=C/CCN1CCC(n3c(=O)[nH]c4ccccc43)CC1)c1cccnc1O2. The lowest BCUT2D eigenvalue weighted by Crippen LogP contribution is -2.37. The monoisotopic (exact) mass is 482 g/mol. The zero-order chi connectivity index (χ0) is 24.5. The lowest BCUT2D eigenvalue weighted by molar-refractivity contribution is 0.189. The van der Waals surface area contributed by atoms with Gasteiger partial charge < -0.3 is 19.4 Å². The highest BCUT2D eigenvalue weighted by atomic mass is 16.5. The average molecular weight is 483 g/mol. The van der Waals surface area contributed by atoms with Crippen LogP contribution in [0.5, 0.6) is 17.4 Å². The standard InChI is InChI=1S/C29H30N4O3/c1-35-26-11-4-12-27-23(26)19-20(22-8-5-15-30-28(22)36-27)7-6-16-32-17-13-21(14-18-32)33-25-10-3-2-9-24(25)31-29(33)34/h2-5,7-12,15,21H,6,13-14,16-19H2,1H3,(H,31,34)/b20-7-. The number of H-pyrrole nitrogens is 1. The van der Waals surface area contributed by atoms with E-state index in [0.29, 0.717) is 5.88 Å². The molecule has 0 unspecified atom stereocenters. The molecular weight excluding hydrogens is 452 g/mol. The number of allylic oxidation sites excluding steroid dienone is 1. The van der Waals surface area contributed by atoms with Gasteiger partial charge >= 0.3 is 5.69 Å². The molecule has 0 atom stereocenters. The minimum Gasteiger partial charge on any atom is -0.496 e. The molecule has 2 aliphatic heterocycles. The summed E-state index contributed by atoms with van der Waals surface area (Å²) < 4.78 is 13.8. The smallest absolute Gasteiger partial charge is 0.326 e. The van der Waals surface area contributed by atoms with Crippen LogP contribution in [-0.4, -0.2) is 46.2 Å². The van der Waals surface area contributed by atoms with Crippen molar-refractivity contribution in [2.24, 2.45) is 0 Å². The number of pyridine rings is 1. The van der Waals surface area contributed by atoms with Crippen molar-refractivity contribution in [2.75, 3.05) is 26.7 Å². The molecule has 1 fully saturated rings. The van der Waals surface area contributed by atoms with E-state index in [1.165, 1.54) is 5.57 Å². The predicted octanol–water partition coefficient (Wildman–Crippen LogP) is 5.19. The summed E-state index contributed by atoms with van der Waals surface area (Å²) in [6.45, 7) is 2.95. The Morgan fingerprint density at radius 1 is 1.11 bits per heavy atom. The van der Waals surface area contributed by atoms with Gasteiger partial charge in [0.05, 0.1) is 18.1 Å². The molecule has 7 nitrogen and oxygen atoms in total. The van der Waals surface area contributed by atoms with E-state index in [1.54, 1.807) is 13.3 Å². The number of para-hydroxylation sites is 2. The number of hydrogen-bond donors (Lipinski definition) is 1.